The molecular formula is C26H30N2O3S. The van der Waals surface area contributed by atoms with Gasteiger partial charge < -0.3 is 5.32 Å². The van der Waals surface area contributed by atoms with Crippen LogP contribution in [0.15, 0.2) is 77.7 Å². The van der Waals surface area contributed by atoms with E-state index in [1.54, 1.807) is 42.5 Å². The van der Waals surface area contributed by atoms with Crippen LogP contribution in [0.25, 0.3) is 0 Å². The molecule has 3 rings (SSSR count). The third-order valence-electron chi connectivity index (χ3n) is 5.33. The standard InChI is InChI=1S/C26H30N2O3S/c1-18-9-15-24(16-10-18)32(30,31)28-23-8-6-7-21(17-23)25(29)27-19(2)20-11-13-22(14-12-20)26(3,4)5/h6-17,19,28H,1-5H3,(H,27,29)/t19-/m0/s1. The largest absolute Gasteiger partial charge is 0.346 e. The average Bonchev–Trinajstić information content (AvgIpc) is 2.73. The van der Waals surface area contributed by atoms with Gasteiger partial charge in [-0.3, -0.25) is 9.52 Å². The van der Waals surface area contributed by atoms with Crippen molar-refractivity contribution in [1.82, 2.24) is 5.32 Å². The van der Waals surface area contributed by atoms with Crippen LogP contribution < -0.4 is 10.0 Å². The highest BCUT2D eigenvalue weighted by atomic mass is 32.2. The Labute approximate surface area is 190 Å². The first-order chi connectivity index (χ1) is 15.0. The summed E-state index contributed by atoms with van der Waals surface area (Å²) in [5.41, 5.74) is 3.99. The normalized spacial score (nSPS) is 12.8. The van der Waals surface area contributed by atoms with Gasteiger partial charge in [-0.15, -0.1) is 0 Å². The summed E-state index contributed by atoms with van der Waals surface area (Å²) in [5, 5.41) is 2.98. The number of anilines is 1. The topological polar surface area (TPSA) is 75.3 Å². The summed E-state index contributed by atoms with van der Waals surface area (Å²) >= 11 is 0. The van der Waals surface area contributed by atoms with Gasteiger partial charge in [-0.1, -0.05) is 68.8 Å². The number of amides is 1. The highest BCUT2D eigenvalue weighted by Crippen LogP contribution is 2.24. The first kappa shape index (κ1) is 23.5. The van der Waals surface area contributed by atoms with Gasteiger partial charge in [0.05, 0.1) is 10.9 Å². The molecule has 1 atom stereocenters. The Morgan fingerprint density at radius 1 is 0.906 bits per heavy atom. The van der Waals surface area contributed by atoms with Crippen molar-refractivity contribution >= 4 is 21.6 Å². The van der Waals surface area contributed by atoms with Crippen LogP contribution in [0.1, 0.15) is 60.8 Å². The average molecular weight is 451 g/mol. The van der Waals surface area contributed by atoms with Crippen LogP contribution in [0.4, 0.5) is 5.69 Å². The van der Waals surface area contributed by atoms with Crippen molar-refractivity contribution < 1.29 is 13.2 Å². The highest BCUT2D eigenvalue weighted by Gasteiger charge is 2.17. The van der Waals surface area contributed by atoms with Gasteiger partial charge in [-0.2, -0.15) is 0 Å². The molecule has 0 saturated carbocycles. The number of hydrogen-bond donors (Lipinski definition) is 2. The highest BCUT2D eigenvalue weighted by molar-refractivity contribution is 7.92. The fraction of sp³-hybridized carbons (Fsp3) is 0.269. The van der Waals surface area contributed by atoms with E-state index in [9.17, 15) is 13.2 Å². The molecule has 0 unspecified atom stereocenters. The minimum absolute atomic E-state index is 0.0668. The zero-order chi connectivity index (χ0) is 23.5. The van der Waals surface area contributed by atoms with Crippen LogP contribution in [0.3, 0.4) is 0 Å². The van der Waals surface area contributed by atoms with E-state index in [1.165, 1.54) is 11.6 Å². The molecule has 3 aromatic carbocycles. The Morgan fingerprint density at radius 2 is 1.53 bits per heavy atom. The number of rotatable bonds is 6. The van der Waals surface area contributed by atoms with Crippen molar-refractivity contribution in [2.75, 3.05) is 4.72 Å². The Balaban J connectivity index is 1.71. The van der Waals surface area contributed by atoms with E-state index in [2.05, 4.69) is 42.9 Å². The van der Waals surface area contributed by atoms with E-state index in [4.69, 9.17) is 0 Å². The van der Waals surface area contributed by atoms with Gasteiger partial charge >= 0.3 is 0 Å². The van der Waals surface area contributed by atoms with E-state index in [1.807, 2.05) is 26.0 Å². The van der Waals surface area contributed by atoms with Crippen molar-refractivity contribution in [3.63, 3.8) is 0 Å². The van der Waals surface area contributed by atoms with Crippen molar-refractivity contribution in [2.24, 2.45) is 0 Å². The molecule has 0 spiro atoms. The molecule has 5 nitrogen and oxygen atoms in total. The zero-order valence-electron chi connectivity index (χ0n) is 19.1. The minimum Gasteiger partial charge on any atom is -0.346 e. The van der Waals surface area contributed by atoms with Crippen LogP contribution in [0, 0.1) is 6.92 Å². The summed E-state index contributed by atoms with van der Waals surface area (Å²) in [6, 6.07) is 21.1. The number of carbonyl (C=O) groups excluding carboxylic acids is 1. The molecule has 0 aliphatic rings. The summed E-state index contributed by atoms with van der Waals surface area (Å²) < 4.78 is 27.8. The summed E-state index contributed by atoms with van der Waals surface area (Å²) in [4.78, 5) is 13.0. The summed E-state index contributed by atoms with van der Waals surface area (Å²) in [6.45, 7) is 10.3. The summed E-state index contributed by atoms with van der Waals surface area (Å²) in [5.74, 6) is -0.270. The summed E-state index contributed by atoms with van der Waals surface area (Å²) in [7, 11) is -3.74. The molecule has 0 aromatic heterocycles. The number of sulfonamides is 1. The lowest BCUT2D eigenvalue weighted by Gasteiger charge is -2.21. The molecular weight excluding hydrogens is 420 g/mol. The van der Waals surface area contributed by atoms with Crippen LogP contribution >= 0.6 is 0 Å². The Morgan fingerprint density at radius 3 is 2.12 bits per heavy atom. The smallest absolute Gasteiger partial charge is 0.261 e. The molecule has 3 aromatic rings. The molecule has 0 aliphatic heterocycles. The fourth-order valence-corrected chi connectivity index (χ4v) is 4.34. The second-order valence-corrected chi connectivity index (χ2v) is 10.7. The Kier molecular flexibility index (Phi) is 6.74. The minimum atomic E-state index is -3.74. The van der Waals surface area contributed by atoms with Crippen molar-refractivity contribution in [3.8, 4) is 0 Å². The van der Waals surface area contributed by atoms with Crippen LogP contribution in [-0.2, 0) is 15.4 Å². The van der Waals surface area contributed by atoms with Gasteiger partial charge in [-0.05, 0) is 60.7 Å². The van der Waals surface area contributed by atoms with Gasteiger partial charge in [0.25, 0.3) is 15.9 Å². The molecule has 0 aliphatic carbocycles. The second kappa shape index (κ2) is 9.17. The molecule has 0 heterocycles. The molecule has 168 valence electrons. The van der Waals surface area contributed by atoms with Gasteiger partial charge in [0.1, 0.15) is 0 Å². The van der Waals surface area contributed by atoms with E-state index in [0.717, 1.165) is 11.1 Å². The van der Waals surface area contributed by atoms with Crippen molar-refractivity contribution in [3.05, 3.63) is 95.1 Å². The number of aryl methyl sites for hydroxylation is 1. The van der Waals surface area contributed by atoms with Gasteiger partial charge in [0.15, 0.2) is 0 Å². The number of nitrogens with one attached hydrogen (secondary N) is 2. The van der Waals surface area contributed by atoms with E-state index < -0.39 is 10.0 Å². The molecule has 0 fully saturated rings. The lowest BCUT2D eigenvalue weighted by atomic mass is 9.86. The van der Waals surface area contributed by atoms with E-state index in [-0.39, 0.29) is 22.3 Å². The third kappa shape index (κ3) is 5.77. The van der Waals surface area contributed by atoms with Crippen LogP contribution in [-0.4, -0.2) is 14.3 Å². The number of carbonyl (C=O) groups is 1. The molecule has 0 radical (unpaired) electrons. The fourth-order valence-electron chi connectivity index (χ4n) is 3.29. The van der Waals surface area contributed by atoms with Crippen LogP contribution in [0.5, 0.6) is 0 Å². The van der Waals surface area contributed by atoms with Crippen molar-refractivity contribution in [2.45, 2.75) is 51.0 Å². The predicted octanol–water partition coefficient (Wildman–Crippen LogP) is 5.58. The van der Waals surface area contributed by atoms with E-state index in [0.29, 0.717) is 11.3 Å². The molecule has 6 heteroatoms. The lowest BCUT2D eigenvalue weighted by Crippen LogP contribution is -2.27. The zero-order valence-corrected chi connectivity index (χ0v) is 20.0. The number of hydrogen-bond acceptors (Lipinski definition) is 3. The predicted molar refractivity (Wildman–Crippen MR) is 129 cm³/mol. The maximum atomic E-state index is 12.8. The van der Waals surface area contributed by atoms with E-state index >= 15 is 0 Å². The first-order valence-corrected chi connectivity index (χ1v) is 12.0. The van der Waals surface area contributed by atoms with Gasteiger partial charge in [-0.25, -0.2) is 8.42 Å². The second-order valence-electron chi connectivity index (χ2n) is 9.07. The quantitative estimate of drug-likeness (QED) is 0.514. The van der Waals surface area contributed by atoms with Crippen molar-refractivity contribution in [1.29, 1.82) is 0 Å². The van der Waals surface area contributed by atoms with Gasteiger partial charge in [0.2, 0.25) is 0 Å². The lowest BCUT2D eigenvalue weighted by molar-refractivity contribution is 0.0940. The third-order valence-corrected chi connectivity index (χ3v) is 6.73. The van der Waals surface area contributed by atoms with Crippen LogP contribution in [0.2, 0.25) is 0 Å². The first-order valence-electron chi connectivity index (χ1n) is 10.6. The molecule has 0 bridgehead atoms. The number of benzene rings is 3. The van der Waals surface area contributed by atoms with Gasteiger partial charge in [0, 0.05) is 11.3 Å². The maximum Gasteiger partial charge on any atom is 0.261 e. The molecule has 0 saturated heterocycles. The maximum absolute atomic E-state index is 12.8. The molecule has 32 heavy (non-hydrogen) atoms. The summed E-state index contributed by atoms with van der Waals surface area (Å²) in [6.07, 6.45) is 0. The molecule has 1 amide bonds. The monoisotopic (exact) mass is 450 g/mol. The SMILES string of the molecule is Cc1ccc(S(=O)(=O)Nc2cccc(C(=O)N[C@@H](C)c3ccc(C(C)(C)C)cc3)c2)cc1. The Bertz CT molecular complexity index is 1190. The Hall–Kier alpha value is -3.12. The molecule has 2 N–H and O–H groups in total.